The van der Waals surface area contributed by atoms with Crippen LogP contribution in [0.2, 0.25) is 0 Å². The van der Waals surface area contributed by atoms with E-state index in [0.717, 1.165) is 4.88 Å². The van der Waals surface area contributed by atoms with E-state index in [1.807, 2.05) is 0 Å². The molecule has 1 spiro atoms. The van der Waals surface area contributed by atoms with Crippen molar-refractivity contribution in [2.75, 3.05) is 13.7 Å². The van der Waals surface area contributed by atoms with Crippen molar-refractivity contribution in [2.45, 2.75) is 24.9 Å². The third-order valence-corrected chi connectivity index (χ3v) is 4.59. The van der Waals surface area contributed by atoms with E-state index in [2.05, 4.69) is 9.69 Å². The number of carbonyl (C=O) groups is 2. The number of aliphatic hydroxyl groups is 1. The van der Waals surface area contributed by atoms with Gasteiger partial charge in [-0.3, -0.25) is 9.69 Å². The second-order valence-electron chi connectivity index (χ2n) is 5.20. The lowest BCUT2D eigenvalue weighted by Gasteiger charge is -2.41. The maximum Gasteiger partial charge on any atom is 0.325 e. The third kappa shape index (κ3) is 1.95. The Morgan fingerprint density at radius 1 is 1.60 bits per heavy atom. The molecule has 3 amide bonds. The largest absolute Gasteiger partial charge is 0.480 e. The van der Waals surface area contributed by atoms with Crippen LogP contribution in [0, 0.1) is 5.92 Å². The van der Waals surface area contributed by atoms with Crippen LogP contribution in [0.3, 0.4) is 0 Å². The highest BCUT2D eigenvalue weighted by atomic mass is 32.1. The number of ether oxygens (including phenoxy) is 1. The van der Waals surface area contributed by atoms with E-state index >= 15 is 0 Å². The quantitative estimate of drug-likeness (QED) is 0.782. The Balaban J connectivity index is 1.71. The van der Waals surface area contributed by atoms with Crippen molar-refractivity contribution < 1.29 is 19.4 Å². The summed E-state index contributed by atoms with van der Waals surface area (Å²) < 4.78 is 9.02. The Labute approximate surface area is 119 Å². The maximum absolute atomic E-state index is 12.4. The van der Waals surface area contributed by atoms with Gasteiger partial charge in [0, 0.05) is 17.6 Å². The molecule has 0 bridgehead atoms. The number of rotatable bonds is 4. The number of nitrogens with zero attached hydrogens (tertiary/aromatic N) is 2. The van der Waals surface area contributed by atoms with Crippen LogP contribution in [0.1, 0.15) is 17.7 Å². The van der Waals surface area contributed by atoms with Gasteiger partial charge in [-0.2, -0.15) is 4.37 Å². The zero-order valence-corrected chi connectivity index (χ0v) is 11.8. The Morgan fingerprint density at radius 2 is 2.35 bits per heavy atom. The first-order valence-electron chi connectivity index (χ1n) is 6.32. The molecular weight excluding hydrogens is 282 g/mol. The molecular formula is C12H15N3O4S. The number of imide groups is 1. The molecule has 3 rings (SSSR count). The monoisotopic (exact) mass is 297 g/mol. The minimum Gasteiger partial charge on any atom is -0.480 e. The first kappa shape index (κ1) is 13.3. The van der Waals surface area contributed by atoms with Gasteiger partial charge in [0.15, 0.2) is 0 Å². The molecule has 2 fully saturated rings. The van der Waals surface area contributed by atoms with Crippen molar-refractivity contribution in [1.82, 2.24) is 14.6 Å². The fourth-order valence-electron chi connectivity index (χ4n) is 2.77. The lowest BCUT2D eigenvalue weighted by molar-refractivity contribution is -0.137. The fraction of sp³-hybridized carbons (Fsp3) is 0.583. The predicted molar refractivity (Wildman–Crippen MR) is 70.3 cm³/mol. The molecule has 2 heterocycles. The number of methoxy groups -OCH3 is 1. The summed E-state index contributed by atoms with van der Waals surface area (Å²) >= 11 is 1.21. The van der Waals surface area contributed by atoms with Crippen LogP contribution in [0.5, 0.6) is 5.88 Å². The van der Waals surface area contributed by atoms with Crippen molar-refractivity contribution in [3.63, 3.8) is 0 Å². The van der Waals surface area contributed by atoms with Crippen molar-refractivity contribution in [3.05, 3.63) is 10.9 Å². The minimum absolute atomic E-state index is 0.0525. The first-order valence-corrected chi connectivity index (χ1v) is 7.10. The van der Waals surface area contributed by atoms with Crippen LogP contribution in [0.25, 0.3) is 0 Å². The van der Waals surface area contributed by atoms with Crippen LogP contribution < -0.4 is 10.1 Å². The normalized spacial score (nSPS) is 28.7. The highest BCUT2D eigenvalue weighted by molar-refractivity contribution is 7.05. The lowest BCUT2D eigenvalue weighted by Crippen LogP contribution is -2.57. The van der Waals surface area contributed by atoms with Gasteiger partial charge < -0.3 is 15.2 Å². The summed E-state index contributed by atoms with van der Waals surface area (Å²) in [5.74, 6) is 0.373. The molecule has 2 N–H and O–H groups in total. The first-order chi connectivity index (χ1) is 9.58. The number of hydrogen-bond donors (Lipinski definition) is 2. The highest BCUT2D eigenvalue weighted by Gasteiger charge is 2.58. The molecule has 0 atom stereocenters. The summed E-state index contributed by atoms with van der Waals surface area (Å²) in [5, 5.41) is 11.8. The van der Waals surface area contributed by atoms with Gasteiger partial charge in [0.25, 0.3) is 5.91 Å². The fourth-order valence-corrected chi connectivity index (χ4v) is 3.45. The molecule has 1 saturated carbocycles. The number of nitrogens with one attached hydrogen (secondary N) is 1. The van der Waals surface area contributed by atoms with Crippen molar-refractivity contribution in [2.24, 2.45) is 5.92 Å². The summed E-state index contributed by atoms with van der Waals surface area (Å²) in [6, 6.07) is 1.34. The number of hydrogen-bond acceptors (Lipinski definition) is 6. The Kier molecular flexibility index (Phi) is 3.14. The number of urea groups is 1. The van der Waals surface area contributed by atoms with Crippen LogP contribution in [0.4, 0.5) is 4.79 Å². The van der Waals surface area contributed by atoms with Gasteiger partial charge in [0.05, 0.1) is 13.7 Å². The van der Waals surface area contributed by atoms with Crippen LogP contribution in [-0.2, 0) is 11.3 Å². The molecule has 1 saturated heterocycles. The molecule has 1 aromatic heterocycles. The van der Waals surface area contributed by atoms with Gasteiger partial charge in [0.1, 0.15) is 5.54 Å². The number of amides is 3. The summed E-state index contributed by atoms with van der Waals surface area (Å²) in [6.45, 7) is 0.258. The zero-order valence-electron chi connectivity index (χ0n) is 11.0. The molecule has 108 valence electrons. The molecule has 20 heavy (non-hydrogen) atoms. The predicted octanol–water partition coefficient (Wildman–Crippen LogP) is 0.345. The number of aliphatic hydroxyl groups excluding tert-OH is 1. The maximum atomic E-state index is 12.4. The van der Waals surface area contributed by atoms with Crippen molar-refractivity contribution >= 4 is 23.5 Å². The van der Waals surface area contributed by atoms with E-state index in [0.29, 0.717) is 18.7 Å². The van der Waals surface area contributed by atoms with E-state index in [1.54, 1.807) is 6.07 Å². The average Bonchev–Trinajstić information content (AvgIpc) is 2.94. The van der Waals surface area contributed by atoms with Crippen molar-refractivity contribution in [3.8, 4) is 5.88 Å². The summed E-state index contributed by atoms with van der Waals surface area (Å²) in [4.78, 5) is 26.3. The van der Waals surface area contributed by atoms with E-state index in [4.69, 9.17) is 9.84 Å². The lowest BCUT2D eigenvalue weighted by atomic mass is 9.68. The molecule has 2 aliphatic rings. The molecule has 1 aromatic rings. The minimum atomic E-state index is -0.792. The van der Waals surface area contributed by atoms with Gasteiger partial charge in [0.2, 0.25) is 5.88 Å². The Bertz CT molecular complexity index is 553. The van der Waals surface area contributed by atoms with Gasteiger partial charge in [-0.1, -0.05) is 0 Å². The molecule has 0 unspecified atom stereocenters. The Morgan fingerprint density at radius 3 is 2.95 bits per heavy atom. The van der Waals surface area contributed by atoms with E-state index in [1.165, 1.54) is 23.5 Å². The average molecular weight is 297 g/mol. The second kappa shape index (κ2) is 4.71. The topological polar surface area (TPSA) is 91.8 Å². The van der Waals surface area contributed by atoms with Gasteiger partial charge in [-0.25, -0.2) is 4.79 Å². The van der Waals surface area contributed by atoms with E-state index in [-0.39, 0.29) is 31.0 Å². The molecule has 1 aliphatic carbocycles. The third-order valence-electron chi connectivity index (χ3n) is 3.84. The van der Waals surface area contributed by atoms with Gasteiger partial charge >= 0.3 is 6.03 Å². The number of aromatic nitrogens is 1. The van der Waals surface area contributed by atoms with Crippen LogP contribution in [0.15, 0.2) is 6.07 Å². The van der Waals surface area contributed by atoms with Gasteiger partial charge in [-0.15, -0.1) is 0 Å². The smallest absolute Gasteiger partial charge is 0.325 e. The summed E-state index contributed by atoms with van der Waals surface area (Å²) in [6.07, 6.45) is 1.02. The molecule has 1 aliphatic heterocycles. The second-order valence-corrected chi connectivity index (χ2v) is 6.09. The van der Waals surface area contributed by atoms with Crippen molar-refractivity contribution in [1.29, 1.82) is 0 Å². The highest BCUT2D eigenvalue weighted by Crippen LogP contribution is 2.42. The molecule has 0 radical (unpaired) electrons. The Hall–Kier alpha value is -1.67. The summed E-state index contributed by atoms with van der Waals surface area (Å²) in [7, 11) is 1.52. The van der Waals surface area contributed by atoms with E-state index in [9.17, 15) is 9.59 Å². The molecule has 7 nitrogen and oxygen atoms in total. The van der Waals surface area contributed by atoms with Crippen LogP contribution in [-0.4, -0.2) is 45.6 Å². The summed E-state index contributed by atoms with van der Waals surface area (Å²) in [5.41, 5.74) is -0.792. The standard InChI is InChI=1S/C12H15N3O4S/c1-19-9-2-8(20-14-9)5-15-10(17)12(13-11(15)18)3-7(4-12)6-16/h2,7,16H,3-6H2,1H3,(H,13,18). The molecule has 8 heteroatoms. The van der Waals surface area contributed by atoms with Gasteiger partial charge in [-0.05, 0) is 30.3 Å². The number of carbonyl (C=O) groups excluding carboxylic acids is 2. The zero-order chi connectivity index (χ0) is 14.3. The SMILES string of the molecule is COc1cc(CN2C(=O)NC3(CC(CO)C3)C2=O)sn1. The van der Waals surface area contributed by atoms with Crippen LogP contribution >= 0.6 is 11.5 Å². The molecule has 0 aromatic carbocycles. The van der Waals surface area contributed by atoms with E-state index < -0.39 is 5.54 Å².